The number of nitrogens with one attached hydrogen (secondary N) is 1. The van der Waals surface area contributed by atoms with Crippen molar-refractivity contribution in [2.24, 2.45) is 0 Å². The third-order valence-electron chi connectivity index (χ3n) is 1.86. The summed E-state index contributed by atoms with van der Waals surface area (Å²) in [5.41, 5.74) is 6.59. The highest BCUT2D eigenvalue weighted by molar-refractivity contribution is 5.49. The lowest BCUT2D eigenvalue weighted by molar-refractivity contribution is 1.05. The summed E-state index contributed by atoms with van der Waals surface area (Å²) in [5.74, 6) is 0. The Morgan fingerprint density at radius 2 is 2.27 bits per heavy atom. The standard InChI is InChI=1S/C9H10N2/c10-9-3-1-2-7-4-5-11-6-8(7)9/h1-4,6,11H,5,10H2. The minimum absolute atomic E-state index is 0.839. The quantitative estimate of drug-likeness (QED) is 0.479. The van der Waals surface area contributed by atoms with Crippen molar-refractivity contribution in [2.75, 3.05) is 12.3 Å². The van der Waals surface area contributed by atoms with Crippen LogP contribution in [0.4, 0.5) is 5.69 Å². The van der Waals surface area contributed by atoms with Gasteiger partial charge in [0.15, 0.2) is 0 Å². The maximum Gasteiger partial charge on any atom is 0.0408 e. The predicted octanol–water partition coefficient (Wildman–Crippen LogP) is -0.610. The normalized spacial score (nSPS) is 13.8. The Morgan fingerprint density at radius 1 is 1.36 bits per heavy atom. The van der Waals surface area contributed by atoms with Gasteiger partial charge in [0, 0.05) is 23.7 Å². The molecule has 1 aliphatic heterocycles. The highest BCUT2D eigenvalue weighted by Gasteiger charge is 1.93. The van der Waals surface area contributed by atoms with E-state index in [9.17, 15) is 0 Å². The van der Waals surface area contributed by atoms with Gasteiger partial charge in [0.2, 0.25) is 0 Å². The summed E-state index contributed by atoms with van der Waals surface area (Å²) >= 11 is 0. The number of hydrogen-bond donors (Lipinski definition) is 2. The summed E-state index contributed by atoms with van der Waals surface area (Å²) in [6.07, 6.45) is 4.09. The van der Waals surface area contributed by atoms with Crippen LogP contribution in [-0.2, 0) is 0 Å². The van der Waals surface area contributed by atoms with Gasteiger partial charge in [0.1, 0.15) is 0 Å². The molecule has 1 heterocycles. The monoisotopic (exact) mass is 146 g/mol. The zero-order valence-electron chi connectivity index (χ0n) is 6.17. The molecular formula is C9H10N2. The van der Waals surface area contributed by atoms with E-state index >= 15 is 0 Å². The Balaban J connectivity index is 2.88. The Hall–Kier alpha value is -1.44. The van der Waals surface area contributed by atoms with Crippen LogP contribution in [0.15, 0.2) is 18.2 Å². The number of hydrogen-bond acceptors (Lipinski definition) is 2. The van der Waals surface area contributed by atoms with Crippen molar-refractivity contribution in [3.63, 3.8) is 0 Å². The molecule has 0 amide bonds. The fraction of sp³-hybridized carbons (Fsp3) is 0.111. The number of nitrogens with two attached hydrogens (primary N) is 1. The third-order valence-corrected chi connectivity index (χ3v) is 1.86. The van der Waals surface area contributed by atoms with Crippen LogP contribution < -0.4 is 21.5 Å². The van der Waals surface area contributed by atoms with Gasteiger partial charge in [-0.25, -0.2) is 0 Å². The molecule has 0 aromatic heterocycles. The number of anilines is 1. The fourth-order valence-electron chi connectivity index (χ4n) is 1.28. The smallest absolute Gasteiger partial charge is 0.0408 e. The second kappa shape index (κ2) is 2.31. The SMILES string of the molecule is Nc1cccc2c1=CNCC=2. The maximum atomic E-state index is 5.75. The molecule has 0 atom stereocenters. The molecule has 11 heavy (non-hydrogen) atoms. The summed E-state index contributed by atoms with van der Waals surface area (Å²) < 4.78 is 0. The Kier molecular flexibility index (Phi) is 1.32. The molecule has 1 aromatic carbocycles. The molecule has 1 aromatic rings. The van der Waals surface area contributed by atoms with Crippen molar-refractivity contribution in [1.82, 2.24) is 5.32 Å². The lowest BCUT2D eigenvalue weighted by Crippen LogP contribution is -2.34. The van der Waals surface area contributed by atoms with E-state index in [0.29, 0.717) is 0 Å². The molecule has 0 bridgehead atoms. The number of benzene rings is 1. The van der Waals surface area contributed by atoms with Gasteiger partial charge in [-0.2, -0.15) is 0 Å². The van der Waals surface area contributed by atoms with Gasteiger partial charge in [-0.05, 0) is 11.3 Å². The number of fused-ring (bicyclic) bond motifs is 1. The van der Waals surface area contributed by atoms with Crippen molar-refractivity contribution in [2.45, 2.75) is 0 Å². The van der Waals surface area contributed by atoms with Crippen LogP contribution in [0.1, 0.15) is 0 Å². The molecule has 1 aliphatic rings. The molecule has 0 spiro atoms. The van der Waals surface area contributed by atoms with Crippen LogP contribution in [-0.4, -0.2) is 6.54 Å². The molecule has 0 radical (unpaired) electrons. The molecule has 2 nitrogen and oxygen atoms in total. The molecule has 0 aliphatic carbocycles. The van der Waals surface area contributed by atoms with E-state index in [1.807, 2.05) is 18.3 Å². The first kappa shape index (κ1) is 6.28. The first-order valence-electron chi connectivity index (χ1n) is 3.66. The van der Waals surface area contributed by atoms with Gasteiger partial charge < -0.3 is 11.1 Å². The van der Waals surface area contributed by atoms with Crippen molar-refractivity contribution in [1.29, 1.82) is 0 Å². The molecule has 0 unspecified atom stereocenters. The average Bonchev–Trinajstić information content (AvgIpc) is 2.06. The molecule has 0 fully saturated rings. The molecule has 2 rings (SSSR count). The lowest BCUT2D eigenvalue weighted by Gasteiger charge is -2.03. The van der Waals surface area contributed by atoms with E-state index in [0.717, 1.165) is 17.5 Å². The summed E-state index contributed by atoms with van der Waals surface area (Å²) in [6, 6.07) is 5.96. The van der Waals surface area contributed by atoms with Crippen LogP contribution in [0.5, 0.6) is 0 Å². The van der Waals surface area contributed by atoms with Crippen molar-refractivity contribution in [3.8, 4) is 0 Å². The summed E-state index contributed by atoms with van der Waals surface area (Å²) in [6.45, 7) is 0.899. The maximum absolute atomic E-state index is 5.75. The zero-order valence-corrected chi connectivity index (χ0v) is 6.17. The third kappa shape index (κ3) is 0.963. The van der Waals surface area contributed by atoms with Crippen LogP contribution in [0.25, 0.3) is 12.3 Å². The summed E-state index contributed by atoms with van der Waals surface area (Å²) in [7, 11) is 0. The molecule has 56 valence electrons. The van der Waals surface area contributed by atoms with Crippen molar-refractivity contribution < 1.29 is 0 Å². The minimum atomic E-state index is 0.839. The average molecular weight is 146 g/mol. The topological polar surface area (TPSA) is 38.0 Å². The van der Waals surface area contributed by atoms with Gasteiger partial charge >= 0.3 is 0 Å². The summed E-state index contributed by atoms with van der Waals surface area (Å²) in [5, 5.41) is 5.46. The molecule has 0 saturated carbocycles. The van der Waals surface area contributed by atoms with E-state index in [1.54, 1.807) is 0 Å². The van der Waals surface area contributed by atoms with E-state index in [1.165, 1.54) is 5.22 Å². The molecule has 3 N–H and O–H groups in total. The second-order valence-corrected chi connectivity index (χ2v) is 2.61. The van der Waals surface area contributed by atoms with Crippen LogP contribution in [0, 0.1) is 0 Å². The van der Waals surface area contributed by atoms with E-state index in [-0.39, 0.29) is 0 Å². The largest absolute Gasteiger partial charge is 0.398 e. The minimum Gasteiger partial charge on any atom is -0.398 e. The Morgan fingerprint density at radius 3 is 3.09 bits per heavy atom. The first-order chi connectivity index (χ1) is 5.38. The lowest BCUT2D eigenvalue weighted by atomic mass is 10.2. The van der Waals surface area contributed by atoms with Crippen molar-refractivity contribution >= 4 is 18.0 Å². The van der Waals surface area contributed by atoms with Gasteiger partial charge in [-0.1, -0.05) is 18.2 Å². The Bertz CT molecular complexity index is 379. The van der Waals surface area contributed by atoms with Crippen LogP contribution in [0.3, 0.4) is 0 Å². The highest BCUT2D eigenvalue weighted by Crippen LogP contribution is 1.87. The van der Waals surface area contributed by atoms with Gasteiger partial charge in [-0.15, -0.1) is 0 Å². The van der Waals surface area contributed by atoms with E-state index in [4.69, 9.17) is 5.73 Å². The van der Waals surface area contributed by atoms with Crippen molar-refractivity contribution in [3.05, 3.63) is 28.6 Å². The molecule has 0 saturated heterocycles. The zero-order chi connectivity index (χ0) is 7.68. The molecular weight excluding hydrogens is 136 g/mol. The Labute approximate surface area is 65.0 Å². The predicted molar refractivity (Wildman–Crippen MR) is 47.0 cm³/mol. The van der Waals surface area contributed by atoms with E-state index in [2.05, 4.69) is 17.5 Å². The fourth-order valence-corrected chi connectivity index (χ4v) is 1.28. The number of rotatable bonds is 0. The first-order valence-corrected chi connectivity index (χ1v) is 3.66. The van der Waals surface area contributed by atoms with Crippen LogP contribution >= 0.6 is 0 Å². The van der Waals surface area contributed by atoms with Gasteiger partial charge in [0.05, 0.1) is 0 Å². The van der Waals surface area contributed by atoms with Crippen LogP contribution in [0.2, 0.25) is 0 Å². The number of nitrogen functional groups attached to an aromatic ring is 1. The second-order valence-electron chi connectivity index (χ2n) is 2.61. The van der Waals surface area contributed by atoms with E-state index < -0.39 is 0 Å². The van der Waals surface area contributed by atoms with Gasteiger partial charge in [0.25, 0.3) is 0 Å². The summed E-state index contributed by atoms with van der Waals surface area (Å²) in [4.78, 5) is 0. The molecule has 2 heteroatoms. The van der Waals surface area contributed by atoms with Gasteiger partial charge in [-0.3, -0.25) is 0 Å². The highest BCUT2D eigenvalue weighted by atomic mass is 14.8.